The van der Waals surface area contributed by atoms with E-state index in [9.17, 15) is 0 Å². The highest BCUT2D eigenvalue weighted by Crippen LogP contribution is 2.15. The van der Waals surface area contributed by atoms with Crippen LogP contribution in [0.4, 0.5) is 0 Å². The van der Waals surface area contributed by atoms with Crippen LogP contribution in [0, 0.1) is 0 Å². The third kappa shape index (κ3) is 1.55. The number of fused-ring (bicyclic) bond motifs is 1. The molecule has 1 aromatic carbocycles. The van der Waals surface area contributed by atoms with Crippen molar-refractivity contribution in [3.63, 3.8) is 0 Å². The van der Waals surface area contributed by atoms with Crippen molar-refractivity contribution in [3.05, 3.63) is 42.6 Å². The Morgan fingerprint density at radius 3 is 3.14 bits per heavy atom. The summed E-state index contributed by atoms with van der Waals surface area (Å²) in [6, 6.07) is 6.49. The largest absolute Gasteiger partial charge is 0.268 e. The molecule has 0 saturated heterocycles. The molecular weight excluding hydrogens is 172 g/mol. The van der Waals surface area contributed by atoms with E-state index in [1.54, 1.807) is 0 Å². The molecule has 0 aliphatic heterocycles. The van der Waals surface area contributed by atoms with E-state index in [1.165, 1.54) is 16.5 Å². The van der Waals surface area contributed by atoms with E-state index in [1.807, 2.05) is 24.0 Å². The van der Waals surface area contributed by atoms with Crippen molar-refractivity contribution >= 4 is 10.9 Å². The molecule has 0 bridgehead atoms. The Morgan fingerprint density at radius 2 is 2.36 bits per heavy atom. The average Bonchev–Trinajstić information content (AvgIpc) is 2.57. The summed E-state index contributed by atoms with van der Waals surface area (Å²) in [5.41, 5.74) is 2.54. The maximum Gasteiger partial charge on any atom is 0.0679 e. The highest BCUT2D eigenvalue weighted by atomic mass is 15.2. The van der Waals surface area contributed by atoms with E-state index in [-0.39, 0.29) is 0 Å². The van der Waals surface area contributed by atoms with Crippen molar-refractivity contribution in [2.75, 3.05) is 0 Å². The standard InChI is InChI=1S/C12H14N2/c1-3-4-5-10-6-7-12-11(8-10)9-13-14(12)2/h3,6-9H,1,4-5H2,2H3. The van der Waals surface area contributed by atoms with E-state index < -0.39 is 0 Å². The lowest BCUT2D eigenvalue weighted by atomic mass is 10.1. The van der Waals surface area contributed by atoms with Crippen LogP contribution in [0.5, 0.6) is 0 Å². The topological polar surface area (TPSA) is 17.8 Å². The normalized spacial score (nSPS) is 10.6. The molecule has 72 valence electrons. The van der Waals surface area contributed by atoms with Crippen LogP contribution in [0.15, 0.2) is 37.1 Å². The van der Waals surface area contributed by atoms with Crippen molar-refractivity contribution in [1.82, 2.24) is 9.78 Å². The molecule has 0 aliphatic rings. The van der Waals surface area contributed by atoms with Crippen LogP contribution < -0.4 is 0 Å². The molecule has 1 heterocycles. The van der Waals surface area contributed by atoms with Crippen molar-refractivity contribution in [1.29, 1.82) is 0 Å². The monoisotopic (exact) mass is 186 g/mol. The Bertz CT molecular complexity index is 454. The highest BCUT2D eigenvalue weighted by molar-refractivity contribution is 5.79. The predicted molar refractivity (Wildman–Crippen MR) is 59.2 cm³/mol. The summed E-state index contributed by atoms with van der Waals surface area (Å²) in [6.07, 6.45) is 5.96. The van der Waals surface area contributed by atoms with Crippen molar-refractivity contribution < 1.29 is 0 Å². The first-order valence-electron chi connectivity index (χ1n) is 4.83. The predicted octanol–water partition coefficient (Wildman–Crippen LogP) is 2.69. The zero-order chi connectivity index (χ0) is 9.97. The second-order valence-corrected chi connectivity index (χ2v) is 3.49. The number of allylic oxidation sites excluding steroid dienone is 1. The Morgan fingerprint density at radius 1 is 1.50 bits per heavy atom. The molecule has 0 spiro atoms. The number of aromatic nitrogens is 2. The van der Waals surface area contributed by atoms with Gasteiger partial charge in [0.15, 0.2) is 0 Å². The molecule has 0 unspecified atom stereocenters. The van der Waals surface area contributed by atoms with Gasteiger partial charge in [0.2, 0.25) is 0 Å². The van der Waals surface area contributed by atoms with E-state index in [4.69, 9.17) is 0 Å². The fourth-order valence-corrected chi connectivity index (χ4v) is 1.64. The summed E-state index contributed by atoms with van der Waals surface area (Å²) >= 11 is 0. The van der Waals surface area contributed by atoms with E-state index in [0.717, 1.165) is 12.8 Å². The highest BCUT2D eigenvalue weighted by Gasteiger charge is 1.99. The van der Waals surface area contributed by atoms with Gasteiger partial charge in [-0.25, -0.2) is 0 Å². The van der Waals surface area contributed by atoms with Gasteiger partial charge in [0.25, 0.3) is 0 Å². The van der Waals surface area contributed by atoms with Gasteiger partial charge >= 0.3 is 0 Å². The summed E-state index contributed by atoms with van der Waals surface area (Å²) < 4.78 is 1.90. The van der Waals surface area contributed by atoms with Crippen LogP contribution in [0.1, 0.15) is 12.0 Å². The maximum absolute atomic E-state index is 4.21. The number of aryl methyl sites for hydroxylation is 2. The van der Waals surface area contributed by atoms with E-state index >= 15 is 0 Å². The SMILES string of the molecule is C=CCCc1ccc2c(cnn2C)c1. The van der Waals surface area contributed by atoms with Crippen molar-refractivity contribution in [2.45, 2.75) is 12.8 Å². The first kappa shape index (κ1) is 9.00. The summed E-state index contributed by atoms with van der Waals surface area (Å²) in [7, 11) is 1.96. The fraction of sp³-hybridized carbons (Fsp3) is 0.250. The zero-order valence-corrected chi connectivity index (χ0v) is 8.40. The van der Waals surface area contributed by atoms with Crippen LogP contribution in [0.2, 0.25) is 0 Å². The molecule has 0 radical (unpaired) electrons. The molecule has 0 N–H and O–H groups in total. The molecule has 0 aliphatic carbocycles. The Balaban J connectivity index is 2.36. The van der Waals surface area contributed by atoms with Crippen LogP contribution in [0.3, 0.4) is 0 Å². The summed E-state index contributed by atoms with van der Waals surface area (Å²) in [4.78, 5) is 0. The number of hydrogen-bond acceptors (Lipinski definition) is 1. The Kier molecular flexibility index (Phi) is 2.35. The van der Waals surface area contributed by atoms with Gasteiger partial charge in [-0.3, -0.25) is 4.68 Å². The van der Waals surface area contributed by atoms with Gasteiger partial charge in [0.1, 0.15) is 0 Å². The number of rotatable bonds is 3. The lowest BCUT2D eigenvalue weighted by Gasteiger charge is -1.99. The van der Waals surface area contributed by atoms with Gasteiger partial charge in [-0.05, 0) is 30.5 Å². The van der Waals surface area contributed by atoms with Gasteiger partial charge in [-0.15, -0.1) is 6.58 Å². The van der Waals surface area contributed by atoms with Gasteiger partial charge in [0, 0.05) is 12.4 Å². The van der Waals surface area contributed by atoms with Gasteiger partial charge in [-0.1, -0.05) is 12.1 Å². The lowest BCUT2D eigenvalue weighted by Crippen LogP contribution is -1.89. The minimum atomic E-state index is 1.03. The molecule has 1 aromatic heterocycles. The van der Waals surface area contributed by atoms with Crippen molar-refractivity contribution in [2.24, 2.45) is 7.05 Å². The van der Waals surface area contributed by atoms with Gasteiger partial charge in [0.05, 0.1) is 11.7 Å². The van der Waals surface area contributed by atoms with Crippen LogP contribution >= 0.6 is 0 Å². The summed E-state index contributed by atoms with van der Waals surface area (Å²) in [5, 5.41) is 5.43. The Labute approximate surface area is 83.9 Å². The second-order valence-electron chi connectivity index (χ2n) is 3.49. The zero-order valence-electron chi connectivity index (χ0n) is 8.40. The summed E-state index contributed by atoms with van der Waals surface area (Å²) in [6.45, 7) is 3.73. The lowest BCUT2D eigenvalue weighted by molar-refractivity contribution is 0.797. The summed E-state index contributed by atoms with van der Waals surface area (Å²) in [5.74, 6) is 0. The minimum Gasteiger partial charge on any atom is -0.268 e. The molecular formula is C12H14N2. The fourth-order valence-electron chi connectivity index (χ4n) is 1.64. The quantitative estimate of drug-likeness (QED) is 0.674. The third-order valence-corrected chi connectivity index (χ3v) is 2.45. The van der Waals surface area contributed by atoms with Gasteiger partial charge < -0.3 is 0 Å². The first-order valence-corrected chi connectivity index (χ1v) is 4.83. The molecule has 2 rings (SSSR count). The van der Waals surface area contributed by atoms with Crippen LogP contribution in [0.25, 0.3) is 10.9 Å². The van der Waals surface area contributed by atoms with E-state index in [2.05, 4.69) is 29.9 Å². The number of benzene rings is 1. The van der Waals surface area contributed by atoms with E-state index in [0.29, 0.717) is 0 Å². The van der Waals surface area contributed by atoms with Crippen molar-refractivity contribution in [3.8, 4) is 0 Å². The van der Waals surface area contributed by atoms with Gasteiger partial charge in [-0.2, -0.15) is 5.10 Å². The van der Waals surface area contributed by atoms with Crippen LogP contribution in [-0.4, -0.2) is 9.78 Å². The average molecular weight is 186 g/mol. The smallest absolute Gasteiger partial charge is 0.0679 e. The molecule has 14 heavy (non-hydrogen) atoms. The second kappa shape index (κ2) is 3.66. The molecule has 0 atom stereocenters. The maximum atomic E-state index is 4.21. The molecule has 0 saturated carbocycles. The minimum absolute atomic E-state index is 1.03. The molecule has 2 aromatic rings. The first-order chi connectivity index (χ1) is 6.81. The number of hydrogen-bond donors (Lipinski definition) is 0. The Hall–Kier alpha value is -1.57. The molecule has 2 heteroatoms. The van der Waals surface area contributed by atoms with Crippen LogP contribution in [-0.2, 0) is 13.5 Å². The molecule has 0 amide bonds. The number of nitrogens with zero attached hydrogens (tertiary/aromatic N) is 2. The third-order valence-electron chi connectivity index (χ3n) is 2.45. The molecule has 2 nitrogen and oxygen atoms in total. The molecule has 0 fully saturated rings.